The molecule has 0 aliphatic carbocycles. The summed E-state index contributed by atoms with van der Waals surface area (Å²) >= 11 is 0. The summed E-state index contributed by atoms with van der Waals surface area (Å²) in [5.74, 6) is 4.71. The van der Waals surface area contributed by atoms with Crippen LogP contribution in [0.5, 0.6) is 0 Å². The van der Waals surface area contributed by atoms with Gasteiger partial charge in [-0.25, -0.2) is 5.43 Å². The molecular formula is C6H18N4. The van der Waals surface area contributed by atoms with Crippen LogP contribution in [-0.4, -0.2) is 5.79 Å². The first-order valence-electron chi connectivity index (χ1n) is 3.57. The lowest BCUT2D eigenvalue weighted by atomic mass is 10.0. The van der Waals surface area contributed by atoms with Crippen molar-refractivity contribution >= 4 is 0 Å². The van der Waals surface area contributed by atoms with Crippen LogP contribution in [0.1, 0.15) is 26.7 Å². The first kappa shape index (κ1) is 9.84. The average molecular weight is 146 g/mol. The number of hydrazine groups is 1. The Bertz CT molecular complexity index is 91.7. The highest BCUT2D eigenvalue weighted by Gasteiger charge is 2.18. The first-order valence-corrected chi connectivity index (χ1v) is 3.57. The van der Waals surface area contributed by atoms with E-state index < -0.39 is 5.79 Å². The lowest BCUT2D eigenvalue weighted by Crippen LogP contribution is -2.64. The van der Waals surface area contributed by atoms with Gasteiger partial charge in [0.1, 0.15) is 5.79 Å². The Balaban J connectivity index is 3.64. The smallest absolute Gasteiger partial charge is 0.130 e. The van der Waals surface area contributed by atoms with Crippen molar-refractivity contribution in [2.75, 3.05) is 0 Å². The van der Waals surface area contributed by atoms with Crippen molar-refractivity contribution in [1.29, 1.82) is 0 Å². The third-order valence-electron chi connectivity index (χ3n) is 1.65. The van der Waals surface area contributed by atoms with Gasteiger partial charge in [-0.3, -0.25) is 5.84 Å². The van der Waals surface area contributed by atoms with Crippen LogP contribution in [0.15, 0.2) is 0 Å². The van der Waals surface area contributed by atoms with Gasteiger partial charge in [-0.05, 0) is 12.3 Å². The number of nitrogens with two attached hydrogens (primary N) is 3. The Hall–Kier alpha value is -0.160. The van der Waals surface area contributed by atoms with E-state index in [1.54, 1.807) is 0 Å². The number of rotatable bonds is 4. The molecule has 0 aliphatic rings. The summed E-state index contributed by atoms with van der Waals surface area (Å²) in [6.45, 7) is 4.18. The molecule has 0 fully saturated rings. The lowest BCUT2D eigenvalue weighted by molar-refractivity contribution is 0.275. The van der Waals surface area contributed by atoms with Crippen molar-refractivity contribution in [2.24, 2.45) is 23.2 Å². The molecule has 0 saturated carbocycles. The largest absolute Gasteiger partial charge is 0.300 e. The van der Waals surface area contributed by atoms with Crippen LogP contribution in [0.25, 0.3) is 0 Å². The van der Waals surface area contributed by atoms with E-state index in [0.717, 1.165) is 6.42 Å². The van der Waals surface area contributed by atoms with Gasteiger partial charge in [-0.15, -0.1) is 0 Å². The highest BCUT2D eigenvalue weighted by atomic mass is 15.4. The third-order valence-corrected chi connectivity index (χ3v) is 1.65. The lowest BCUT2D eigenvalue weighted by Gasteiger charge is -2.25. The molecular weight excluding hydrogens is 128 g/mol. The normalized spacial score (nSPS) is 15.3. The second kappa shape index (κ2) is 3.88. The van der Waals surface area contributed by atoms with Gasteiger partial charge >= 0.3 is 0 Å². The summed E-state index contributed by atoms with van der Waals surface area (Å²) in [6.07, 6.45) is 1.76. The van der Waals surface area contributed by atoms with E-state index in [2.05, 4.69) is 19.3 Å². The van der Waals surface area contributed by atoms with E-state index in [4.69, 9.17) is 17.3 Å². The maximum absolute atomic E-state index is 5.53. The molecule has 0 spiro atoms. The fraction of sp³-hybridized carbons (Fsp3) is 1.00. The van der Waals surface area contributed by atoms with Gasteiger partial charge in [0.05, 0.1) is 0 Å². The molecule has 0 saturated heterocycles. The summed E-state index contributed by atoms with van der Waals surface area (Å²) in [6, 6.07) is 0. The van der Waals surface area contributed by atoms with Gasteiger partial charge in [0, 0.05) is 0 Å². The van der Waals surface area contributed by atoms with E-state index in [1.165, 1.54) is 0 Å². The minimum atomic E-state index is -0.907. The second-order valence-corrected chi connectivity index (χ2v) is 2.90. The Morgan fingerprint density at radius 2 is 2.00 bits per heavy atom. The topological polar surface area (TPSA) is 90.1 Å². The molecule has 7 N–H and O–H groups in total. The van der Waals surface area contributed by atoms with E-state index in [9.17, 15) is 0 Å². The van der Waals surface area contributed by atoms with Crippen LogP contribution in [0.4, 0.5) is 0 Å². The van der Waals surface area contributed by atoms with Crippen molar-refractivity contribution < 1.29 is 0 Å². The molecule has 0 aromatic carbocycles. The summed E-state index contributed by atoms with van der Waals surface area (Å²) in [7, 11) is 0. The van der Waals surface area contributed by atoms with Crippen LogP contribution in [-0.2, 0) is 0 Å². The summed E-state index contributed by atoms with van der Waals surface area (Å²) in [4.78, 5) is 0. The fourth-order valence-electron chi connectivity index (χ4n) is 0.780. The molecule has 0 radical (unpaired) electrons. The van der Waals surface area contributed by atoms with Gasteiger partial charge < -0.3 is 11.5 Å². The molecule has 4 heteroatoms. The molecule has 1 atom stereocenters. The van der Waals surface area contributed by atoms with Crippen LogP contribution in [0.3, 0.4) is 0 Å². The Morgan fingerprint density at radius 3 is 2.30 bits per heavy atom. The van der Waals surface area contributed by atoms with Gasteiger partial charge in [0.25, 0.3) is 0 Å². The molecule has 0 bridgehead atoms. The van der Waals surface area contributed by atoms with Gasteiger partial charge in [-0.1, -0.05) is 20.3 Å². The number of nitrogens with one attached hydrogen (secondary N) is 1. The van der Waals surface area contributed by atoms with Crippen molar-refractivity contribution in [3.8, 4) is 0 Å². The highest BCUT2D eigenvalue weighted by Crippen LogP contribution is 2.09. The van der Waals surface area contributed by atoms with Crippen LogP contribution in [0.2, 0.25) is 0 Å². The first-order chi connectivity index (χ1) is 4.52. The van der Waals surface area contributed by atoms with E-state index in [-0.39, 0.29) is 0 Å². The van der Waals surface area contributed by atoms with Gasteiger partial charge in [-0.2, -0.15) is 0 Å². The molecule has 4 nitrogen and oxygen atoms in total. The monoisotopic (exact) mass is 146 g/mol. The number of hydrogen-bond acceptors (Lipinski definition) is 4. The van der Waals surface area contributed by atoms with E-state index in [0.29, 0.717) is 12.3 Å². The van der Waals surface area contributed by atoms with E-state index >= 15 is 0 Å². The van der Waals surface area contributed by atoms with Crippen LogP contribution < -0.4 is 22.7 Å². The molecule has 0 rings (SSSR count). The molecule has 0 aromatic rings. The Morgan fingerprint density at radius 1 is 1.50 bits per heavy atom. The third kappa shape index (κ3) is 3.79. The fourth-order valence-corrected chi connectivity index (χ4v) is 0.780. The zero-order valence-electron chi connectivity index (χ0n) is 6.72. The Kier molecular flexibility index (Phi) is 3.81. The quantitative estimate of drug-likeness (QED) is 0.243. The zero-order valence-corrected chi connectivity index (χ0v) is 6.72. The number of hydrogen-bond donors (Lipinski definition) is 4. The zero-order chi connectivity index (χ0) is 8.20. The average Bonchev–Trinajstić information content (AvgIpc) is 1.87. The minimum Gasteiger partial charge on any atom is -0.300 e. The minimum absolute atomic E-state index is 0.506. The molecule has 0 amide bonds. The standard InChI is InChI=1S/C6H18N4/c1-3-5(2)4-6(7,8)10-9/h5,10H,3-4,7-9H2,1-2H3. The summed E-state index contributed by atoms with van der Waals surface area (Å²) < 4.78 is 0. The SMILES string of the molecule is CCC(C)CC(N)(N)NN. The molecule has 10 heavy (non-hydrogen) atoms. The molecule has 1 unspecified atom stereocenters. The molecule has 0 heterocycles. The van der Waals surface area contributed by atoms with Crippen molar-refractivity contribution in [3.63, 3.8) is 0 Å². The van der Waals surface area contributed by atoms with Crippen LogP contribution >= 0.6 is 0 Å². The highest BCUT2D eigenvalue weighted by molar-refractivity contribution is 4.72. The summed E-state index contributed by atoms with van der Waals surface area (Å²) in [5.41, 5.74) is 13.4. The predicted octanol–water partition coefficient (Wildman–Crippen LogP) is -0.543. The van der Waals surface area contributed by atoms with Gasteiger partial charge in [0.15, 0.2) is 0 Å². The van der Waals surface area contributed by atoms with E-state index in [1.807, 2.05) is 0 Å². The molecule has 0 aromatic heterocycles. The van der Waals surface area contributed by atoms with Crippen molar-refractivity contribution in [3.05, 3.63) is 0 Å². The second-order valence-electron chi connectivity index (χ2n) is 2.90. The van der Waals surface area contributed by atoms with Crippen molar-refractivity contribution in [1.82, 2.24) is 5.43 Å². The molecule has 62 valence electrons. The van der Waals surface area contributed by atoms with Gasteiger partial charge in [0.2, 0.25) is 0 Å². The molecule has 0 aliphatic heterocycles. The predicted molar refractivity (Wildman–Crippen MR) is 42.5 cm³/mol. The van der Waals surface area contributed by atoms with Crippen LogP contribution in [0, 0.1) is 5.92 Å². The maximum atomic E-state index is 5.53. The van der Waals surface area contributed by atoms with Crippen molar-refractivity contribution in [2.45, 2.75) is 32.5 Å². The maximum Gasteiger partial charge on any atom is 0.130 e. The summed E-state index contributed by atoms with van der Waals surface area (Å²) in [5, 5.41) is 0. The Labute approximate surface area is 62.1 Å².